The number of aliphatic imine (C=N–C) groups is 1. The van der Waals surface area contributed by atoms with Crippen LogP contribution in [0, 0.1) is 5.82 Å². The lowest BCUT2D eigenvalue weighted by atomic mass is 9.95. The highest BCUT2D eigenvalue weighted by Gasteiger charge is 2.45. The van der Waals surface area contributed by atoms with Crippen LogP contribution in [-0.4, -0.2) is 35.0 Å². The summed E-state index contributed by atoms with van der Waals surface area (Å²) in [6, 6.07) is 14.3. The number of rotatable bonds is 8. The monoisotopic (exact) mass is 546 g/mol. The molecule has 1 fully saturated rings. The van der Waals surface area contributed by atoms with Crippen LogP contribution in [0.3, 0.4) is 0 Å². The first-order chi connectivity index (χ1) is 13.9. The van der Waals surface area contributed by atoms with E-state index in [1.165, 1.54) is 13.1 Å². The van der Waals surface area contributed by atoms with Crippen molar-refractivity contribution in [2.45, 2.75) is 30.6 Å². The summed E-state index contributed by atoms with van der Waals surface area (Å²) in [4.78, 5) is 4.24. The summed E-state index contributed by atoms with van der Waals surface area (Å²) in [5.41, 5.74) is 2.25. The van der Waals surface area contributed by atoms with Gasteiger partial charge in [0, 0.05) is 25.6 Å². The van der Waals surface area contributed by atoms with Gasteiger partial charge in [-0.2, -0.15) is 0 Å². The third-order valence-corrected chi connectivity index (χ3v) is 6.57. The maximum Gasteiger partial charge on any atom is 0.215 e. The lowest BCUT2D eigenvalue weighted by Gasteiger charge is -2.19. The molecule has 9 heteroatoms. The molecule has 0 heterocycles. The molecule has 2 aromatic carbocycles. The number of nitrogens with one attached hydrogen (secondary N) is 3. The number of guanidine groups is 1. The average Bonchev–Trinajstić information content (AvgIpc) is 3.49. The Bertz CT molecular complexity index is 994. The Morgan fingerprint density at radius 1 is 1.10 bits per heavy atom. The van der Waals surface area contributed by atoms with E-state index in [2.05, 4.69) is 20.3 Å². The van der Waals surface area contributed by atoms with Crippen molar-refractivity contribution in [2.24, 2.45) is 4.99 Å². The van der Waals surface area contributed by atoms with Gasteiger partial charge in [-0.15, -0.1) is 24.0 Å². The summed E-state index contributed by atoms with van der Waals surface area (Å²) < 4.78 is 40.0. The van der Waals surface area contributed by atoms with Crippen molar-refractivity contribution in [3.63, 3.8) is 0 Å². The summed E-state index contributed by atoms with van der Waals surface area (Å²) in [7, 11) is -0.215. The highest BCUT2D eigenvalue weighted by atomic mass is 127. The molecule has 0 aromatic heterocycles. The molecule has 0 bridgehead atoms. The summed E-state index contributed by atoms with van der Waals surface area (Å²) in [6.45, 7) is 1.11. The molecule has 2 aromatic rings. The summed E-state index contributed by atoms with van der Waals surface area (Å²) in [6.07, 6.45) is 1.89. The van der Waals surface area contributed by atoms with Crippen LogP contribution in [0.5, 0.6) is 0 Å². The van der Waals surface area contributed by atoms with Crippen LogP contribution in [0.4, 0.5) is 4.39 Å². The lowest BCUT2D eigenvalue weighted by molar-refractivity contribution is 0.559. The van der Waals surface area contributed by atoms with Gasteiger partial charge < -0.3 is 10.6 Å². The van der Waals surface area contributed by atoms with Crippen LogP contribution in [0.15, 0.2) is 53.5 Å². The molecule has 30 heavy (non-hydrogen) atoms. The second-order valence-corrected chi connectivity index (χ2v) is 9.25. The highest BCUT2D eigenvalue weighted by molar-refractivity contribution is 14.0. The van der Waals surface area contributed by atoms with Crippen molar-refractivity contribution < 1.29 is 12.8 Å². The first kappa shape index (κ1) is 24.5. The number of benzene rings is 2. The van der Waals surface area contributed by atoms with Gasteiger partial charge >= 0.3 is 0 Å². The van der Waals surface area contributed by atoms with Gasteiger partial charge in [-0.1, -0.05) is 42.5 Å². The van der Waals surface area contributed by atoms with E-state index in [0.29, 0.717) is 19.0 Å². The number of nitrogens with zero attached hydrogens (tertiary/aromatic N) is 1. The molecule has 3 N–H and O–H groups in total. The van der Waals surface area contributed by atoms with Gasteiger partial charge in [0.15, 0.2) is 5.96 Å². The van der Waals surface area contributed by atoms with Gasteiger partial charge in [0.05, 0.1) is 5.75 Å². The van der Waals surface area contributed by atoms with Crippen molar-refractivity contribution >= 4 is 40.0 Å². The lowest BCUT2D eigenvalue weighted by Crippen LogP contribution is -2.41. The summed E-state index contributed by atoms with van der Waals surface area (Å²) >= 11 is 0. The maximum absolute atomic E-state index is 14.2. The number of halogens is 2. The second kappa shape index (κ2) is 10.5. The zero-order chi connectivity index (χ0) is 20.9. The molecular weight excluding hydrogens is 518 g/mol. The molecule has 164 valence electrons. The van der Waals surface area contributed by atoms with Crippen molar-refractivity contribution in [2.75, 3.05) is 20.6 Å². The van der Waals surface area contributed by atoms with Gasteiger partial charge in [0.25, 0.3) is 0 Å². The van der Waals surface area contributed by atoms with Crippen LogP contribution < -0.4 is 15.4 Å². The molecule has 6 nitrogen and oxygen atoms in total. The molecule has 0 radical (unpaired) electrons. The Balaban J connectivity index is 0.00000320. The smallest absolute Gasteiger partial charge is 0.215 e. The van der Waals surface area contributed by atoms with E-state index < -0.39 is 10.0 Å². The van der Waals surface area contributed by atoms with E-state index >= 15 is 0 Å². The highest BCUT2D eigenvalue weighted by Crippen LogP contribution is 2.48. The first-order valence-electron chi connectivity index (χ1n) is 9.56. The molecule has 1 aliphatic rings. The van der Waals surface area contributed by atoms with Crippen LogP contribution >= 0.6 is 24.0 Å². The van der Waals surface area contributed by atoms with Crippen LogP contribution in [-0.2, 0) is 27.7 Å². The van der Waals surface area contributed by atoms with E-state index in [9.17, 15) is 12.8 Å². The zero-order valence-corrected chi connectivity index (χ0v) is 20.3. The van der Waals surface area contributed by atoms with Crippen molar-refractivity contribution in [3.8, 4) is 0 Å². The van der Waals surface area contributed by atoms with Gasteiger partial charge in [0.1, 0.15) is 5.82 Å². The molecular formula is C21H28FIN4O2S. The van der Waals surface area contributed by atoms with Crippen molar-refractivity contribution in [3.05, 3.63) is 71.0 Å². The fraction of sp³-hybridized carbons (Fsp3) is 0.381. The topological polar surface area (TPSA) is 82.6 Å². The predicted molar refractivity (Wildman–Crippen MR) is 129 cm³/mol. The average molecular weight is 546 g/mol. The minimum Gasteiger partial charge on any atom is -0.356 e. The zero-order valence-electron chi connectivity index (χ0n) is 17.1. The molecule has 0 unspecified atom stereocenters. The quantitative estimate of drug-likeness (QED) is 0.270. The Hall–Kier alpha value is -1.72. The Labute approximate surface area is 194 Å². The first-order valence-corrected chi connectivity index (χ1v) is 11.2. The summed E-state index contributed by atoms with van der Waals surface area (Å²) in [5.74, 6) is 0.402. The molecule has 0 saturated heterocycles. The largest absolute Gasteiger partial charge is 0.356 e. The third-order valence-electron chi connectivity index (χ3n) is 5.24. The van der Waals surface area contributed by atoms with Crippen molar-refractivity contribution in [1.82, 2.24) is 15.4 Å². The van der Waals surface area contributed by atoms with Crippen LogP contribution in [0.2, 0.25) is 0 Å². The SMILES string of the molecule is CN=C(NCc1cccc(CS(=O)(=O)NC)c1)NCC1(c2ccccc2F)CC1.I. The second-order valence-electron chi connectivity index (χ2n) is 7.32. The number of hydrogen-bond donors (Lipinski definition) is 3. The van der Waals surface area contributed by atoms with Crippen LogP contribution in [0.25, 0.3) is 0 Å². The van der Waals surface area contributed by atoms with Gasteiger partial charge in [0.2, 0.25) is 10.0 Å². The number of hydrogen-bond acceptors (Lipinski definition) is 3. The molecule has 0 aliphatic heterocycles. The minimum atomic E-state index is -3.31. The molecule has 0 amide bonds. The van der Waals surface area contributed by atoms with Gasteiger partial charge in [-0.3, -0.25) is 4.99 Å². The molecule has 3 rings (SSSR count). The van der Waals surface area contributed by atoms with Crippen LogP contribution in [0.1, 0.15) is 29.5 Å². The predicted octanol–water partition coefficient (Wildman–Crippen LogP) is 2.89. The minimum absolute atomic E-state index is 0. The fourth-order valence-corrected chi connectivity index (χ4v) is 4.13. The normalized spacial score (nSPS) is 15.2. The third kappa shape index (κ3) is 6.39. The van der Waals surface area contributed by atoms with E-state index in [4.69, 9.17) is 0 Å². The molecule has 0 atom stereocenters. The molecule has 0 spiro atoms. The van der Waals surface area contributed by atoms with E-state index in [1.807, 2.05) is 30.3 Å². The van der Waals surface area contributed by atoms with Gasteiger partial charge in [-0.25, -0.2) is 17.5 Å². The van der Waals surface area contributed by atoms with Crippen molar-refractivity contribution in [1.29, 1.82) is 0 Å². The maximum atomic E-state index is 14.2. The standard InChI is InChI=1S/C21H27FN4O2S.HI/c1-23-20(26-15-21(10-11-21)18-8-3-4-9-19(18)22)25-13-16-6-5-7-17(12-16)14-29(27,28)24-2;/h3-9,12,24H,10-11,13-15H2,1-2H3,(H2,23,25,26);1H. The Morgan fingerprint density at radius 3 is 2.43 bits per heavy atom. The van der Waals surface area contributed by atoms with E-state index in [0.717, 1.165) is 29.5 Å². The van der Waals surface area contributed by atoms with Gasteiger partial charge in [-0.05, 0) is 42.6 Å². The Kier molecular flexibility index (Phi) is 8.62. The number of sulfonamides is 1. The van der Waals surface area contributed by atoms with E-state index in [1.54, 1.807) is 19.2 Å². The van der Waals surface area contributed by atoms with E-state index in [-0.39, 0.29) is 41.0 Å². The fourth-order valence-electron chi connectivity index (χ4n) is 3.36. The molecule has 1 saturated carbocycles. The summed E-state index contributed by atoms with van der Waals surface area (Å²) in [5, 5.41) is 6.53. The Morgan fingerprint density at radius 2 is 1.80 bits per heavy atom. The molecule has 1 aliphatic carbocycles.